The Morgan fingerprint density at radius 2 is 1.74 bits per heavy atom. The second-order valence-corrected chi connectivity index (χ2v) is 9.97. The van der Waals surface area contributed by atoms with E-state index in [0.29, 0.717) is 38.0 Å². The number of nitrogens with zero attached hydrogens (tertiary/aromatic N) is 2. The van der Waals surface area contributed by atoms with Gasteiger partial charge in [-0.15, -0.1) is 0 Å². The van der Waals surface area contributed by atoms with Crippen LogP contribution in [0.2, 0.25) is 0 Å². The maximum Gasteiger partial charge on any atom is 0.317 e. The third kappa shape index (κ3) is 3.09. The fraction of sp³-hybridized carbons (Fsp3) is 0.938. The summed E-state index contributed by atoms with van der Waals surface area (Å²) >= 11 is 0. The van der Waals surface area contributed by atoms with E-state index < -0.39 is 10.0 Å². The van der Waals surface area contributed by atoms with Gasteiger partial charge in [-0.1, -0.05) is 0 Å². The highest BCUT2D eigenvalue weighted by Gasteiger charge is 2.44. The number of nitrogens with one attached hydrogen (secondary N) is 1. The van der Waals surface area contributed by atoms with Gasteiger partial charge in [0.25, 0.3) is 0 Å². The molecule has 5 rings (SSSR count). The van der Waals surface area contributed by atoms with Gasteiger partial charge in [0.05, 0.1) is 5.75 Å². The van der Waals surface area contributed by atoms with E-state index in [1.165, 1.54) is 36.4 Å². The van der Waals surface area contributed by atoms with Gasteiger partial charge in [0.15, 0.2) is 0 Å². The van der Waals surface area contributed by atoms with Crippen molar-refractivity contribution >= 4 is 16.1 Å². The van der Waals surface area contributed by atoms with Crippen LogP contribution in [0.4, 0.5) is 4.79 Å². The van der Waals surface area contributed by atoms with Crippen LogP contribution in [0, 0.1) is 17.8 Å². The second-order valence-electron chi connectivity index (χ2n) is 7.88. The summed E-state index contributed by atoms with van der Waals surface area (Å²) < 4.78 is 25.1. The fourth-order valence-corrected chi connectivity index (χ4v) is 6.89. The van der Waals surface area contributed by atoms with Gasteiger partial charge in [0, 0.05) is 32.2 Å². The van der Waals surface area contributed by atoms with Crippen LogP contribution in [-0.2, 0) is 10.0 Å². The molecule has 2 amide bonds. The van der Waals surface area contributed by atoms with Gasteiger partial charge >= 0.3 is 6.03 Å². The lowest BCUT2D eigenvalue weighted by Gasteiger charge is -2.38. The summed E-state index contributed by atoms with van der Waals surface area (Å²) in [6, 6.07) is 0.418. The van der Waals surface area contributed by atoms with E-state index in [2.05, 4.69) is 10.2 Å². The summed E-state index contributed by atoms with van der Waals surface area (Å²) in [5.74, 6) is 2.57. The third-order valence-electron chi connectivity index (χ3n) is 6.21. The van der Waals surface area contributed by atoms with Crippen molar-refractivity contribution in [3.63, 3.8) is 0 Å². The van der Waals surface area contributed by atoms with Crippen molar-refractivity contribution in [1.82, 2.24) is 14.5 Å². The molecule has 23 heavy (non-hydrogen) atoms. The summed E-state index contributed by atoms with van der Waals surface area (Å²) in [5, 5.41) is 2.97. The monoisotopic (exact) mass is 341 g/mol. The van der Waals surface area contributed by atoms with Crippen LogP contribution < -0.4 is 5.32 Å². The third-order valence-corrected chi connectivity index (χ3v) is 8.16. The maximum absolute atomic E-state index is 12.6. The first-order chi connectivity index (χ1) is 11.0. The Morgan fingerprint density at radius 3 is 2.39 bits per heavy atom. The number of fused-ring (bicyclic) bond motifs is 1. The van der Waals surface area contributed by atoms with Gasteiger partial charge in [0.2, 0.25) is 10.0 Å². The number of urea groups is 1. The smallest absolute Gasteiger partial charge is 0.317 e. The molecular weight excluding hydrogens is 314 g/mol. The average molecular weight is 341 g/mol. The van der Waals surface area contributed by atoms with E-state index in [9.17, 15) is 13.2 Å². The predicted octanol–water partition coefficient (Wildman–Crippen LogP) is 1.24. The SMILES string of the molecule is O=C(NCCN1CCCS1(=O)=O)N1CC2CC3CC(C2)CC1C3. The highest BCUT2D eigenvalue weighted by Crippen LogP contribution is 2.47. The molecule has 7 heteroatoms. The van der Waals surface area contributed by atoms with E-state index in [-0.39, 0.29) is 11.8 Å². The Kier molecular flexibility index (Phi) is 4.04. The standard InChI is InChI=1S/C16H27N3O3S/c20-16(17-2-4-18-3-1-5-23(18,21)22)19-11-14-7-12-6-13(8-14)10-15(19)9-12/h12-15H,1-11H2,(H,17,20). The quantitative estimate of drug-likeness (QED) is 0.840. The molecular formula is C16H27N3O3S. The van der Waals surface area contributed by atoms with E-state index in [1.807, 2.05) is 0 Å². The van der Waals surface area contributed by atoms with Crippen LogP contribution >= 0.6 is 0 Å². The van der Waals surface area contributed by atoms with E-state index in [1.54, 1.807) is 0 Å². The lowest BCUT2D eigenvalue weighted by atomic mass is 9.68. The van der Waals surface area contributed by atoms with Gasteiger partial charge < -0.3 is 10.2 Å². The van der Waals surface area contributed by atoms with Gasteiger partial charge in [0.1, 0.15) is 0 Å². The minimum Gasteiger partial charge on any atom is -0.337 e. The molecule has 0 spiro atoms. The van der Waals surface area contributed by atoms with Crippen molar-refractivity contribution in [3.8, 4) is 0 Å². The summed E-state index contributed by atoms with van der Waals surface area (Å²) in [6.07, 6.45) is 7.00. The minimum absolute atomic E-state index is 0.0137. The fourth-order valence-electron chi connectivity index (χ4n) is 5.36. The Balaban J connectivity index is 1.32. The Morgan fingerprint density at radius 1 is 1.04 bits per heavy atom. The molecule has 0 aromatic heterocycles. The number of rotatable bonds is 3. The molecule has 6 nitrogen and oxygen atoms in total. The van der Waals surface area contributed by atoms with Gasteiger partial charge in [-0.25, -0.2) is 17.5 Å². The molecule has 0 aromatic rings. The number of hydrogen-bond donors (Lipinski definition) is 1. The van der Waals surface area contributed by atoms with Gasteiger partial charge in [-0.3, -0.25) is 0 Å². The van der Waals surface area contributed by atoms with E-state index in [4.69, 9.17) is 0 Å². The zero-order chi connectivity index (χ0) is 16.0. The lowest BCUT2D eigenvalue weighted by Crippen LogP contribution is -2.48. The zero-order valence-corrected chi connectivity index (χ0v) is 14.4. The normalized spacial score (nSPS) is 38.7. The molecule has 3 heterocycles. The second kappa shape index (κ2) is 5.92. The maximum atomic E-state index is 12.6. The summed E-state index contributed by atoms with van der Waals surface area (Å²) in [7, 11) is -3.06. The summed E-state index contributed by atoms with van der Waals surface area (Å²) in [5.41, 5.74) is 0. The molecule has 5 fully saturated rings. The Bertz CT molecular complexity index is 565. The first-order valence-corrected chi connectivity index (χ1v) is 10.6. The van der Waals surface area contributed by atoms with E-state index in [0.717, 1.165) is 18.4 Å². The zero-order valence-electron chi connectivity index (χ0n) is 13.6. The van der Waals surface area contributed by atoms with Crippen LogP contribution in [0.5, 0.6) is 0 Å². The molecule has 0 aromatic carbocycles. The van der Waals surface area contributed by atoms with Gasteiger partial charge in [-0.2, -0.15) is 0 Å². The molecule has 2 aliphatic carbocycles. The highest BCUT2D eigenvalue weighted by molar-refractivity contribution is 7.89. The van der Waals surface area contributed by atoms with Crippen LogP contribution in [0.25, 0.3) is 0 Å². The predicted molar refractivity (Wildman–Crippen MR) is 87.4 cm³/mol. The molecule has 130 valence electrons. The molecule has 2 unspecified atom stereocenters. The number of amides is 2. The number of carbonyl (C=O) groups excluding carboxylic acids is 1. The summed E-state index contributed by atoms with van der Waals surface area (Å²) in [6.45, 7) is 2.31. The van der Waals surface area contributed by atoms with Crippen LogP contribution in [0.3, 0.4) is 0 Å². The molecule has 2 saturated carbocycles. The lowest BCUT2D eigenvalue weighted by molar-refractivity contribution is 0.131. The molecule has 3 aliphatic heterocycles. The molecule has 0 radical (unpaired) electrons. The molecule has 3 saturated heterocycles. The minimum atomic E-state index is -3.06. The van der Waals surface area contributed by atoms with Crippen molar-refractivity contribution in [3.05, 3.63) is 0 Å². The van der Waals surface area contributed by atoms with Crippen molar-refractivity contribution in [2.24, 2.45) is 17.8 Å². The van der Waals surface area contributed by atoms with Gasteiger partial charge in [-0.05, 0) is 56.3 Å². The van der Waals surface area contributed by atoms with Crippen LogP contribution in [0.15, 0.2) is 0 Å². The van der Waals surface area contributed by atoms with Crippen LogP contribution in [-0.4, -0.2) is 61.6 Å². The molecule has 4 bridgehead atoms. The average Bonchev–Trinajstić information content (AvgIpc) is 2.69. The number of carbonyl (C=O) groups is 1. The largest absolute Gasteiger partial charge is 0.337 e. The van der Waals surface area contributed by atoms with Crippen molar-refractivity contribution in [1.29, 1.82) is 0 Å². The van der Waals surface area contributed by atoms with Crippen molar-refractivity contribution in [2.75, 3.05) is 31.9 Å². The first kappa shape index (κ1) is 15.7. The molecule has 1 N–H and O–H groups in total. The highest BCUT2D eigenvalue weighted by atomic mass is 32.2. The Labute approximate surface area is 138 Å². The number of sulfonamides is 1. The van der Waals surface area contributed by atoms with E-state index >= 15 is 0 Å². The topological polar surface area (TPSA) is 69.7 Å². The number of hydrogen-bond acceptors (Lipinski definition) is 3. The molecule has 2 atom stereocenters. The van der Waals surface area contributed by atoms with Crippen LogP contribution in [0.1, 0.15) is 38.5 Å². The summed E-state index contributed by atoms with van der Waals surface area (Å²) in [4.78, 5) is 14.7. The Hall–Kier alpha value is -0.820. The molecule has 5 aliphatic rings. The van der Waals surface area contributed by atoms with Crippen molar-refractivity contribution in [2.45, 2.75) is 44.6 Å². The van der Waals surface area contributed by atoms with Crippen molar-refractivity contribution < 1.29 is 13.2 Å². The first-order valence-electron chi connectivity index (χ1n) is 9.03.